The second kappa shape index (κ2) is 8.48. The van der Waals surface area contributed by atoms with E-state index in [1.807, 2.05) is 0 Å². The SMILES string of the molecule is COC(=O)[C@@H](c1ccc(-c2ccc(F)cc2)cc1)[C@H](N)C(=O)N1CC[C@H](F)C1. The summed E-state index contributed by atoms with van der Waals surface area (Å²) in [4.78, 5) is 26.3. The molecule has 2 aromatic carbocycles. The van der Waals surface area contributed by atoms with Crippen molar-refractivity contribution in [2.24, 2.45) is 5.73 Å². The standard InChI is InChI=1S/C21H22F2N2O3/c1-28-21(27)18(19(24)20(26)25-11-10-17(23)12-25)15-4-2-13(3-5-15)14-6-8-16(22)9-7-14/h2-9,17-19H,10-12,24H2,1H3/t17-,18-,19-/m0/s1. The Morgan fingerprint density at radius 3 is 2.18 bits per heavy atom. The number of nitrogens with zero attached hydrogens (tertiary/aromatic N) is 1. The number of nitrogens with two attached hydrogens (primary N) is 1. The average molecular weight is 388 g/mol. The molecule has 3 rings (SSSR count). The maximum Gasteiger partial charge on any atom is 0.315 e. The molecule has 3 atom stereocenters. The minimum Gasteiger partial charge on any atom is -0.468 e. The molecule has 0 unspecified atom stereocenters. The number of carbonyl (C=O) groups is 2. The van der Waals surface area contributed by atoms with Gasteiger partial charge in [0.2, 0.25) is 5.91 Å². The highest BCUT2D eigenvalue weighted by atomic mass is 19.1. The van der Waals surface area contributed by atoms with Crippen molar-refractivity contribution in [1.82, 2.24) is 4.90 Å². The summed E-state index contributed by atoms with van der Waals surface area (Å²) >= 11 is 0. The van der Waals surface area contributed by atoms with Crippen LogP contribution >= 0.6 is 0 Å². The minimum absolute atomic E-state index is 0.00999. The fourth-order valence-corrected chi connectivity index (χ4v) is 3.41. The van der Waals surface area contributed by atoms with Crippen LogP contribution in [0.5, 0.6) is 0 Å². The lowest BCUT2D eigenvalue weighted by molar-refractivity contribution is -0.146. The molecule has 1 saturated heterocycles. The lowest BCUT2D eigenvalue weighted by Gasteiger charge is -2.26. The first-order valence-corrected chi connectivity index (χ1v) is 9.03. The van der Waals surface area contributed by atoms with Gasteiger partial charge in [-0.1, -0.05) is 36.4 Å². The van der Waals surface area contributed by atoms with Gasteiger partial charge in [-0.3, -0.25) is 9.59 Å². The number of ether oxygens (including phenoxy) is 1. The summed E-state index contributed by atoms with van der Waals surface area (Å²) in [5, 5.41) is 0. The number of methoxy groups -OCH3 is 1. The largest absolute Gasteiger partial charge is 0.468 e. The van der Waals surface area contributed by atoms with E-state index in [4.69, 9.17) is 10.5 Å². The maximum absolute atomic E-state index is 13.4. The summed E-state index contributed by atoms with van der Waals surface area (Å²) < 4.78 is 31.4. The van der Waals surface area contributed by atoms with E-state index in [2.05, 4.69) is 0 Å². The molecule has 1 amide bonds. The number of esters is 1. The number of hydrogen-bond acceptors (Lipinski definition) is 4. The molecule has 2 N–H and O–H groups in total. The quantitative estimate of drug-likeness (QED) is 0.800. The van der Waals surface area contributed by atoms with Gasteiger partial charge in [-0.15, -0.1) is 0 Å². The zero-order valence-electron chi connectivity index (χ0n) is 15.5. The van der Waals surface area contributed by atoms with Crippen LogP contribution in [0.15, 0.2) is 48.5 Å². The number of amides is 1. The van der Waals surface area contributed by atoms with Gasteiger partial charge in [0.1, 0.15) is 23.9 Å². The van der Waals surface area contributed by atoms with Crippen molar-refractivity contribution in [3.05, 3.63) is 59.9 Å². The Labute approximate surface area is 162 Å². The normalized spacial score (nSPS) is 18.6. The van der Waals surface area contributed by atoms with Gasteiger partial charge in [0.25, 0.3) is 0 Å². The zero-order chi connectivity index (χ0) is 20.3. The highest BCUT2D eigenvalue weighted by Crippen LogP contribution is 2.27. The fraction of sp³-hybridized carbons (Fsp3) is 0.333. The molecule has 5 nitrogen and oxygen atoms in total. The lowest BCUT2D eigenvalue weighted by Crippen LogP contribution is -2.48. The van der Waals surface area contributed by atoms with E-state index in [0.717, 1.165) is 11.1 Å². The number of benzene rings is 2. The Morgan fingerprint density at radius 2 is 1.68 bits per heavy atom. The molecule has 148 valence electrons. The predicted octanol–water partition coefficient (Wildman–Crippen LogP) is 2.65. The third-order valence-corrected chi connectivity index (χ3v) is 4.99. The van der Waals surface area contributed by atoms with Crippen LogP contribution in [0.4, 0.5) is 8.78 Å². The third-order valence-electron chi connectivity index (χ3n) is 4.99. The summed E-state index contributed by atoms with van der Waals surface area (Å²) in [6.07, 6.45) is -0.795. The Hall–Kier alpha value is -2.80. The van der Waals surface area contributed by atoms with E-state index in [0.29, 0.717) is 5.56 Å². The van der Waals surface area contributed by atoms with Crippen molar-refractivity contribution < 1.29 is 23.1 Å². The molecule has 1 fully saturated rings. The van der Waals surface area contributed by atoms with Gasteiger partial charge in [0.05, 0.1) is 13.7 Å². The van der Waals surface area contributed by atoms with Gasteiger partial charge >= 0.3 is 5.97 Å². The molecular formula is C21H22F2N2O3. The van der Waals surface area contributed by atoms with Gasteiger partial charge in [-0.2, -0.15) is 0 Å². The Balaban J connectivity index is 1.84. The van der Waals surface area contributed by atoms with E-state index in [1.165, 1.54) is 24.1 Å². The van der Waals surface area contributed by atoms with Gasteiger partial charge in [-0.25, -0.2) is 8.78 Å². The summed E-state index contributed by atoms with van der Waals surface area (Å²) in [7, 11) is 1.23. The first-order chi connectivity index (χ1) is 13.4. The first-order valence-electron chi connectivity index (χ1n) is 9.03. The molecule has 2 aromatic rings. The van der Waals surface area contributed by atoms with E-state index in [9.17, 15) is 18.4 Å². The molecule has 0 aliphatic carbocycles. The summed E-state index contributed by atoms with van der Waals surface area (Å²) in [6, 6.07) is 11.8. The molecule has 1 heterocycles. The lowest BCUT2D eigenvalue weighted by atomic mass is 9.89. The molecule has 0 bridgehead atoms. The van der Waals surface area contributed by atoms with Crippen LogP contribution in [0.1, 0.15) is 17.9 Å². The van der Waals surface area contributed by atoms with Crippen LogP contribution in [0.2, 0.25) is 0 Å². The van der Waals surface area contributed by atoms with Crippen molar-refractivity contribution >= 4 is 11.9 Å². The Kier molecular flexibility index (Phi) is 6.04. The van der Waals surface area contributed by atoms with Crippen LogP contribution in [-0.4, -0.2) is 49.2 Å². The van der Waals surface area contributed by atoms with Gasteiger partial charge in [-0.05, 0) is 35.2 Å². The van der Waals surface area contributed by atoms with Crippen molar-refractivity contribution in [3.8, 4) is 11.1 Å². The monoisotopic (exact) mass is 388 g/mol. The van der Waals surface area contributed by atoms with Crippen molar-refractivity contribution in [2.45, 2.75) is 24.6 Å². The average Bonchev–Trinajstić information content (AvgIpc) is 3.14. The summed E-state index contributed by atoms with van der Waals surface area (Å²) in [6.45, 7) is 0.273. The van der Waals surface area contributed by atoms with Crippen LogP contribution in [-0.2, 0) is 14.3 Å². The molecular weight excluding hydrogens is 366 g/mol. The van der Waals surface area contributed by atoms with Gasteiger partial charge in [0.15, 0.2) is 0 Å². The molecule has 0 saturated carbocycles. The predicted molar refractivity (Wildman–Crippen MR) is 101 cm³/mol. The number of alkyl halides is 1. The number of halogens is 2. The molecule has 0 spiro atoms. The summed E-state index contributed by atoms with van der Waals surface area (Å²) in [5.41, 5.74) is 8.27. The van der Waals surface area contributed by atoms with E-state index in [-0.39, 0.29) is 25.3 Å². The first kappa shape index (κ1) is 19.9. The van der Waals surface area contributed by atoms with Gasteiger partial charge in [0, 0.05) is 6.54 Å². The highest BCUT2D eigenvalue weighted by molar-refractivity contribution is 5.91. The van der Waals surface area contributed by atoms with Crippen LogP contribution in [0, 0.1) is 5.82 Å². The Morgan fingerprint density at radius 1 is 1.11 bits per heavy atom. The van der Waals surface area contributed by atoms with Crippen molar-refractivity contribution in [2.75, 3.05) is 20.2 Å². The molecule has 0 radical (unpaired) electrons. The molecule has 1 aliphatic heterocycles. The molecule has 28 heavy (non-hydrogen) atoms. The second-order valence-electron chi connectivity index (χ2n) is 6.83. The number of likely N-dealkylation sites (tertiary alicyclic amines) is 1. The van der Waals surface area contributed by atoms with E-state index in [1.54, 1.807) is 36.4 Å². The van der Waals surface area contributed by atoms with E-state index < -0.39 is 30.0 Å². The molecule has 0 aromatic heterocycles. The summed E-state index contributed by atoms with van der Waals surface area (Å²) in [5.74, 6) is -2.43. The van der Waals surface area contributed by atoms with Crippen LogP contribution < -0.4 is 5.73 Å². The van der Waals surface area contributed by atoms with Gasteiger partial charge < -0.3 is 15.4 Å². The second-order valence-corrected chi connectivity index (χ2v) is 6.83. The van der Waals surface area contributed by atoms with Crippen molar-refractivity contribution in [1.29, 1.82) is 0 Å². The Bertz CT molecular complexity index is 840. The zero-order valence-corrected chi connectivity index (χ0v) is 15.5. The topological polar surface area (TPSA) is 72.6 Å². The minimum atomic E-state index is -1.17. The number of rotatable bonds is 5. The maximum atomic E-state index is 13.4. The fourth-order valence-electron chi connectivity index (χ4n) is 3.41. The number of hydrogen-bond donors (Lipinski definition) is 1. The molecule has 1 aliphatic rings. The third kappa shape index (κ3) is 4.20. The highest BCUT2D eigenvalue weighted by Gasteiger charge is 2.37. The van der Waals surface area contributed by atoms with Crippen LogP contribution in [0.25, 0.3) is 11.1 Å². The van der Waals surface area contributed by atoms with Crippen molar-refractivity contribution in [3.63, 3.8) is 0 Å². The number of carbonyl (C=O) groups excluding carboxylic acids is 2. The smallest absolute Gasteiger partial charge is 0.315 e. The molecule has 7 heteroatoms. The van der Waals surface area contributed by atoms with E-state index >= 15 is 0 Å². The van der Waals surface area contributed by atoms with Crippen LogP contribution in [0.3, 0.4) is 0 Å².